The minimum Gasteiger partial charge on any atom is -0.361 e. The van der Waals surface area contributed by atoms with Crippen LogP contribution in [0.1, 0.15) is 29.6 Å². The number of hydrogen-bond donors (Lipinski definition) is 0. The van der Waals surface area contributed by atoms with Gasteiger partial charge < -0.3 is 14.5 Å². The second kappa shape index (κ2) is 7.48. The molecule has 140 valence electrons. The van der Waals surface area contributed by atoms with Gasteiger partial charge in [-0.1, -0.05) is 18.2 Å². The first kappa shape index (κ1) is 17.7. The number of amides is 2. The van der Waals surface area contributed by atoms with Gasteiger partial charge in [0.25, 0.3) is 11.8 Å². The summed E-state index contributed by atoms with van der Waals surface area (Å²) in [4.78, 5) is 33.9. The standard InChI is InChI=1S/C21H23N3O3/c25-19(17-7-6-11-22-15-17)23-13-14-27-21(16-23)10-4-5-12-24(20(21)26)18-8-2-1-3-9-18/h1-3,6-9,11,15H,4-5,10,12-14,16H2. The lowest BCUT2D eigenvalue weighted by Gasteiger charge is -2.42. The molecule has 2 aliphatic heterocycles. The van der Waals surface area contributed by atoms with Crippen molar-refractivity contribution in [3.63, 3.8) is 0 Å². The Morgan fingerprint density at radius 2 is 1.93 bits per heavy atom. The van der Waals surface area contributed by atoms with Gasteiger partial charge >= 0.3 is 0 Å². The van der Waals surface area contributed by atoms with Crippen molar-refractivity contribution in [2.75, 3.05) is 31.1 Å². The molecule has 0 bridgehead atoms. The Balaban J connectivity index is 1.60. The van der Waals surface area contributed by atoms with E-state index in [9.17, 15) is 9.59 Å². The van der Waals surface area contributed by atoms with Crippen molar-refractivity contribution < 1.29 is 14.3 Å². The minimum atomic E-state index is -0.970. The van der Waals surface area contributed by atoms with Crippen molar-refractivity contribution in [1.82, 2.24) is 9.88 Å². The quantitative estimate of drug-likeness (QED) is 0.820. The Hall–Kier alpha value is -2.73. The normalized spacial score (nSPS) is 23.3. The fourth-order valence-electron chi connectivity index (χ4n) is 3.90. The zero-order valence-electron chi connectivity index (χ0n) is 15.2. The van der Waals surface area contributed by atoms with Crippen molar-refractivity contribution in [2.45, 2.75) is 24.9 Å². The van der Waals surface area contributed by atoms with Gasteiger partial charge in [-0.3, -0.25) is 14.6 Å². The summed E-state index contributed by atoms with van der Waals surface area (Å²) in [6.45, 7) is 1.79. The van der Waals surface area contributed by atoms with Crippen LogP contribution in [0.25, 0.3) is 0 Å². The maximum Gasteiger partial charge on any atom is 0.261 e. The predicted molar refractivity (Wildman–Crippen MR) is 101 cm³/mol. The van der Waals surface area contributed by atoms with Gasteiger partial charge in [0.05, 0.1) is 18.7 Å². The van der Waals surface area contributed by atoms with E-state index in [1.807, 2.05) is 35.2 Å². The molecule has 6 heteroatoms. The van der Waals surface area contributed by atoms with Gasteiger partial charge in [-0.15, -0.1) is 0 Å². The molecule has 1 atom stereocenters. The van der Waals surface area contributed by atoms with Crippen LogP contribution >= 0.6 is 0 Å². The molecule has 2 aromatic rings. The maximum atomic E-state index is 13.5. The van der Waals surface area contributed by atoms with Crippen LogP contribution in [0, 0.1) is 0 Å². The average molecular weight is 365 g/mol. The minimum absolute atomic E-state index is 0.0464. The molecule has 4 rings (SSSR count). The predicted octanol–water partition coefficient (Wildman–Crippen LogP) is 2.51. The fourth-order valence-corrected chi connectivity index (χ4v) is 3.90. The second-order valence-corrected chi connectivity index (χ2v) is 7.06. The van der Waals surface area contributed by atoms with Gasteiger partial charge in [0, 0.05) is 31.2 Å². The molecule has 1 unspecified atom stereocenters. The fraction of sp³-hybridized carbons (Fsp3) is 0.381. The van der Waals surface area contributed by atoms with Crippen LogP contribution in [-0.4, -0.2) is 53.5 Å². The number of morpholine rings is 1. The molecule has 27 heavy (non-hydrogen) atoms. The highest BCUT2D eigenvalue weighted by Crippen LogP contribution is 2.32. The lowest BCUT2D eigenvalue weighted by molar-refractivity contribution is -0.155. The number of anilines is 1. The molecule has 0 aliphatic carbocycles. The molecule has 1 aromatic heterocycles. The molecule has 2 fully saturated rings. The number of pyridine rings is 1. The number of aromatic nitrogens is 1. The molecule has 0 N–H and O–H groups in total. The summed E-state index contributed by atoms with van der Waals surface area (Å²) in [7, 11) is 0. The third-order valence-electron chi connectivity index (χ3n) is 5.30. The zero-order valence-corrected chi connectivity index (χ0v) is 15.2. The number of hydrogen-bond acceptors (Lipinski definition) is 4. The molecule has 1 spiro atoms. The Morgan fingerprint density at radius 3 is 2.70 bits per heavy atom. The molecular formula is C21H23N3O3. The summed E-state index contributed by atoms with van der Waals surface area (Å²) >= 11 is 0. The van der Waals surface area contributed by atoms with E-state index in [4.69, 9.17) is 4.74 Å². The maximum absolute atomic E-state index is 13.5. The van der Waals surface area contributed by atoms with Gasteiger partial charge in [-0.05, 0) is 43.5 Å². The van der Waals surface area contributed by atoms with Gasteiger partial charge in [0.2, 0.25) is 0 Å². The van der Waals surface area contributed by atoms with E-state index in [1.165, 1.54) is 0 Å². The van der Waals surface area contributed by atoms with E-state index >= 15 is 0 Å². The van der Waals surface area contributed by atoms with Gasteiger partial charge in [0.1, 0.15) is 0 Å². The van der Waals surface area contributed by atoms with Crippen molar-refractivity contribution in [2.24, 2.45) is 0 Å². The van der Waals surface area contributed by atoms with E-state index in [0.29, 0.717) is 31.7 Å². The third kappa shape index (κ3) is 3.45. The van der Waals surface area contributed by atoms with E-state index in [0.717, 1.165) is 18.5 Å². The lowest BCUT2D eigenvalue weighted by Crippen LogP contribution is -2.61. The summed E-state index contributed by atoms with van der Waals surface area (Å²) in [6, 6.07) is 13.2. The van der Waals surface area contributed by atoms with Crippen molar-refractivity contribution in [1.29, 1.82) is 0 Å². The van der Waals surface area contributed by atoms with E-state index in [1.54, 1.807) is 29.4 Å². The number of rotatable bonds is 2. The highest BCUT2D eigenvalue weighted by atomic mass is 16.5. The molecule has 2 aliphatic rings. The van der Waals surface area contributed by atoms with Gasteiger partial charge in [-0.25, -0.2) is 0 Å². The zero-order chi connectivity index (χ0) is 18.7. The largest absolute Gasteiger partial charge is 0.361 e. The number of ether oxygens (including phenoxy) is 1. The smallest absolute Gasteiger partial charge is 0.261 e. The first-order valence-electron chi connectivity index (χ1n) is 9.40. The molecule has 0 radical (unpaired) electrons. The Bertz CT molecular complexity index is 812. The molecule has 2 amide bonds. The Morgan fingerprint density at radius 1 is 1.07 bits per heavy atom. The number of carbonyl (C=O) groups is 2. The molecule has 3 heterocycles. The van der Waals surface area contributed by atoms with Gasteiger partial charge in [0.15, 0.2) is 5.60 Å². The van der Waals surface area contributed by atoms with Crippen LogP contribution in [0.2, 0.25) is 0 Å². The monoisotopic (exact) mass is 365 g/mol. The second-order valence-electron chi connectivity index (χ2n) is 7.06. The SMILES string of the molecule is O=C(c1cccnc1)N1CCOC2(CCCCN(c3ccccc3)C2=O)C1. The number of nitrogens with zero attached hydrogens (tertiary/aromatic N) is 3. The average Bonchev–Trinajstić information content (AvgIpc) is 2.88. The Labute approximate surface area is 158 Å². The Kier molecular flexibility index (Phi) is 4.90. The van der Waals surface area contributed by atoms with Crippen molar-refractivity contribution in [3.05, 3.63) is 60.4 Å². The van der Waals surface area contributed by atoms with Crippen LogP contribution in [0.4, 0.5) is 5.69 Å². The molecule has 1 aromatic carbocycles. The summed E-state index contributed by atoms with van der Waals surface area (Å²) in [5.74, 6) is -0.149. The summed E-state index contributed by atoms with van der Waals surface area (Å²) < 4.78 is 6.07. The van der Waals surface area contributed by atoms with Crippen molar-refractivity contribution in [3.8, 4) is 0 Å². The summed E-state index contributed by atoms with van der Waals surface area (Å²) in [5.41, 5.74) is 0.446. The van der Waals surface area contributed by atoms with Crippen LogP contribution in [0.5, 0.6) is 0 Å². The highest BCUT2D eigenvalue weighted by Gasteiger charge is 2.48. The lowest BCUT2D eigenvalue weighted by atomic mass is 9.93. The van der Waals surface area contributed by atoms with E-state index < -0.39 is 5.60 Å². The van der Waals surface area contributed by atoms with Gasteiger partial charge in [-0.2, -0.15) is 0 Å². The first-order chi connectivity index (χ1) is 13.2. The third-order valence-corrected chi connectivity index (χ3v) is 5.30. The van der Waals surface area contributed by atoms with Crippen molar-refractivity contribution >= 4 is 17.5 Å². The van der Waals surface area contributed by atoms with Crippen LogP contribution in [0.3, 0.4) is 0 Å². The van der Waals surface area contributed by atoms with Crippen LogP contribution in [-0.2, 0) is 9.53 Å². The number of carbonyl (C=O) groups excluding carboxylic acids is 2. The van der Waals surface area contributed by atoms with E-state index in [2.05, 4.69) is 4.98 Å². The molecule has 2 saturated heterocycles. The molecule has 0 saturated carbocycles. The van der Waals surface area contributed by atoms with Crippen LogP contribution in [0.15, 0.2) is 54.9 Å². The topological polar surface area (TPSA) is 62.7 Å². The first-order valence-corrected chi connectivity index (χ1v) is 9.40. The molecular weight excluding hydrogens is 342 g/mol. The molecule has 6 nitrogen and oxygen atoms in total. The van der Waals surface area contributed by atoms with E-state index in [-0.39, 0.29) is 18.4 Å². The van der Waals surface area contributed by atoms with Crippen LogP contribution < -0.4 is 4.90 Å². The number of benzene rings is 1. The highest BCUT2D eigenvalue weighted by molar-refractivity contribution is 6.01. The number of para-hydroxylation sites is 1. The summed E-state index contributed by atoms with van der Waals surface area (Å²) in [5, 5.41) is 0. The summed E-state index contributed by atoms with van der Waals surface area (Å²) in [6.07, 6.45) is 5.65.